The second kappa shape index (κ2) is 6.01. The third-order valence-corrected chi connectivity index (χ3v) is 4.71. The zero-order valence-electron chi connectivity index (χ0n) is 12.1. The zero-order valence-corrected chi connectivity index (χ0v) is 14.4. The molecule has 0 unspecified atom stereocenters. The molecule has 2 aromatic rings. The molecule has 0 atom stereocenters. The minimum Gasteiger partial charge on any atom is -0.383 e. The maximum Gasteiger partial charge on any atom is 0.131 e. The molecule has 2 N–H and O–H groups in total. The van der Waals surface area contributed by atoms with Crippen molar-refractivity contribution >= 4 is 33.3 Å². The van der Waals surface area contributed by atoms with Crippen LogP contribution in [-0.2, 0) is 6.54 Å². The molecule has 0 aliphatic heterocycles. The number of rotatable bonds is 5. The molecular weight excluding hydrogens is 350 g/mol. The minimum atomic E-state index is 0.576. The van der Waals surface area contributed by atoms with Gasteiger partial charge in [0.25, 0.3) is 0 Å². The largest absolute Gasteiger partial charge is 0.383 e. The molecule has 0 spiro atoms. The van der Waals surface area contributed by atoms with E-state index in [1.165, 1.54) is 12.8 Å². The molecule has 0 bridgehead atoms. The van der Waals surface area contributed by atoms with E-state index in [0.717, 1.165) is 46.8 Å². The smallest absolute Gasteiger partial charge is 0.131 e. The number of aromatic nitrogens is 2. The number of nitrogen functional groups attached to an aromatic ring is 1. The lowest BCUT2D eigenvalue weighted by atomic mass is 10.1. The molecule has 1 aliphatic rings. The van der Waals surface area contributed by atoms with Gasteiger partial charge in [-0.15, -0.1) is 0 Å². The average molecular weight is 369 g/mol. The Hall–Kier alpha value is -1.00. The Morgan fingerprint density at radius 3 is 2.81 bits per heavy atom. The first-order valence-corrected chi connectivity index (χ1v) is 8.60. The van der Waals surface area contributed by atoms with Gasteiger partial charge in [0.05, 0.1) is 5.02 Å². The molecule has 112 valence electrons. The Balaban J connectivity index is 2.06. The molecule has 1 saturated carbocycles. The van der Waals surface area contributed by atoms with Crippen molar-refractivity contribution in [3.05, 3.63) is 33.5 Å². The van der Waals surface area contributed by atoms with Crippen LogP contribution >= 0.6 is 27.5 Å². The van der Waals surface area contributed by atoms with Gasteiger partial charge >= 0.3 is 0 Å². The van der Waals surface area contributed by atoms with Crippen molar-refractivity contribution in [1.82, 2.24) is 9.55 Å². The van der Waals surface area contributed by atoms with Crippen LogP contribution in [0.4, 0.5) is 5.82 Å². The molecule has 0 saturated heterocycles. The molecular formula is C16H19BrClN3. The fourth-order valence-electron chi connectivity index (χ4n) is 2.57. The first kappa shape index (κ1) is 14.9. The van der Waals surface area contributed by atoms with Gasteiger partial charge in [0.2, 0.25) is 0 Å². The highest BCUT2D eigenvalue weighted by molar-refractivity contribution is 9.10. The summed E-state index contributed by atoms with van der Waals surface area (Å²) >= 11 is 9.80. The van der Waals surface area contributed by atoms with Gasteiger partial charge in [-0.25, -0.2) is 4.98 Å². The SMILES string of the molecule is CCCCn1c(C2CC2)nc(-c2ccc(Br)cc2Cl)c1N. The number of nitrogens with zero attached hydrogens (tertiary/aromatic N) is 2. The number of nitrogens with two attached hydrogens (primary N) is 1. The van der Waals surface area contributed by atoms with E-state index in [1.54, 1.807) is 0 Å². The first-order chi connectivity index (χ1) is 10.1. The Kier molecular flexibility index (Phi) is 4.27. The van der Waals surface area contributed by atoms with E-state index < -0.39 is 0 Å². The van der Waals surface area contributed by atoms with Gasteiger partial charge in [0, 0.05) is 22.5 Å². The number of hydrogen-bond donors (Lipinski definition) is 1. The number of benzene rings is 1. The van der Waals surface area contributed by atoms with Crippen LogP contribution in [-0.4, -0.2) is 9.55 Å². The quantitative estimate of drug-likeness (QED) is 0.785. The topological polar surface area (TPSA) is 43.8 Å². The summed E-state index contributed by atoms with van der Waals surface area (Å²) in [7, 11) is 0. The maximum atomic E-state index is 6.38. The monoisotopic (exact) mass is 367 g/mol. The lowest BCUT2D eigenvalue weighted by Gasteiger charge is -2.08. The van der Waals surface area contributed by atoms with Gasteiger partial charge < -0.3 is 10.3 Å². The van der Waals surface area contributed by atoms with E-state index in [9.17, 15) is 0 Å². The third-order valence-electron chi connectivity index (χ3n) is 3.90. The molecule has 3 rings (SSSR count). The van der Waals surface area contributed by atoms with Gasteiger partial charge in [-0.05, 0) is 31.4 Å². The third kappa shape index (κ3) is 2.97. The van der Waals surface area contributed by atoms with Crippen molar-refractivity contribution in [1.29, 1.82) is 0 Å². The number of hydrogen-bond acceptors (Lipinski definition) is 2. The average Bonchev–Trinajstić information content (AvgIpc) is 3.23. The van der Waals surface area contributed by atoms with Crippen molar-refractivity contribution < 1.29 is 0 Å². The van der Waals surface area contributed by atoms with Gasteiger partial charge in [0.15, 0.2) is 0 Å². The van der Waals surface area contributed by atoms with E-state index in [4.69, 9.17) is 22.3 Å². The van der Waals surface area contributed by atoms with Gasteiger partial charge in [-0.3, -0.25) is 0 Å². The summed E-state index contributed by atoms with van der Waals surface area (Å²) in [4.78, 5) is 4.82. The summed E-state index contributed by atoms with van der Waals surface area (Å²) in [6.07, 6.45) is 4.70. The van der Waals surface area contributed by atoms with Gasteiger partial charge in [-0.1, -0.05) is 46.9 Å². The maximum absolute atomic E-state index is 6.38. The molecule has 0 radical (unpaired) electrons. The molecule has 1 aromatic carbocycles. The predicted molar refractivity (Wildman–Crippen MR) is 91.7 cm³/mol. The Morgan fingerprint density at radius 2 is 2.19 bits per heavy atom. The first-order valence-electron chi connectivity index (χ1n) is 7.43. The van der Waals surface area contributed by atoms with Crippen LogP contribution in [0.5, 0.6) is 0 Å². The Morgan fingerprint density at radius 1 is 1.43 bits per heavy atom. The molecule has 3 nitrogen and oxygen atoms in total. The van der Waals surface area contributed by atoms with Crippen LogP contribution < -0.4 is 5.73 Å². The summed E-state index contributed by atoms with van der Waals surface area (Å²) in [6, 6.07) is 5.84. The summed E-state index contributed by atoms with van der Waals surface area (Å²) in [5, 5.41) is 0.679. The summed E-state index contributed by atoms with van der Waals surface area (Å²) in [6.45, 7) is 3.13. The van der Waals surface area contributed by atoms with E-state index in [1.807, 2.05) is 18.2 Å². The van der Waals surface area contributed by atoms with E-state index in [-0.39, 0.29) is 0 Å². The van der Waals surface area contributed by atoms with Crippen molar-refractivity contribution in [2.75, 3.05) is 5.73 Å². The highest BCUT2D eigenvalue weighted by atomic mass is 79.9. The van der Waals surface area contributed by atoms with Crippen LogP contribution in [0.1, 0.15) is 44.3 Å². The Bertz CT molecular complexity index is 662. The predicted octanol–water partition coefficient (Wildman–Crippen LogP) is 5.23. The van der Waals surface area contributed by atoms with Crippen LogP contribution in [0.2, 0.25) is 5.02 Å². The van der Waals surface area contributed by atoms with Gasteiger partial charge in [0.1, 0.15) is 17.3 Å². The molecule has 1 aromatic heterocycles. The molecule has 5 heteroatoms. The summed E-state index contributed by atoms with van der Waals surface area (Å²) in [5.74, 6) is 2.46. The normalized spacial score (nSPS) is 14.6. The molecule has 21 heavy (non-hydrogen) atoms. The van der Waals surface area contributed by atoms with Crippen LogP contribution in [0.25, 0.3) is 11.3 Å². The molecule has 1 aliphatic carbocycles. The number of imidazole rings is 1. The fourth-order valence-corrected chi connectivity index (χ4v) is 3.33. The van der Waals surface area contributed by atoms with Crippen molar-refractivity contribution in [3.8, 4) is 11.3 Å². The number of anilines is 1. The van der Waals surface area contributed by atoms with Crippen LogP contribution in [0, 0.1) is 0 Å². The van der Waals surface area contributed by atoms with Crippen molar-refractivity contribution in [3.63, 3.8) is 0 Å². The van der Waals surface area contributed by atoms with Crippen LogP contribution in [0.3, 0.4) is 0 Å². The van der Waals surface area contributed by atoms with E-state index in [2.05, 4.69) is 27.4 Å². The Labute approximate surface area is 138 Å². The van der Waals surface area contributed by atoms with E-state index >= 15 is 0 Å². The second-order valence-corrected chi connectivity index (χ2v) is 6.93. The van der Waals surface area contributed by atoms with Crippen molar-refractivity contribution in [2.24, 2.45) is 0 Å². The van der Waals surface area contributed by atoms with Crippen molar-refractivity contribution in [2.45, 2.75) is 45.1 Å². The summed E-state index contributed by atoms with van der Waals surface area (Å²) in [5.41, 5.74) is 8.12. The zero-order chi connectivity index (χ0) is 15.0. The van der Waals surface area contributed by atoms with Crippen LogP contribution in [0.15, 0.2) is 22.7 Å². The molecule has 0 amide bonds. The summed E-state index contributed by atoms with van der Waals surface area (Å²) < 4.78 is 3.15. The van der Waals surface area contributed by atoms with E-state index in [0.29, 0.717) is 10.9 Å². The lowest BCUT2D eigenvalue weighted by Crippen LogP contribution is -2.06. The standard InChI is InChI=1S/C16H19BrClN3/c1-2-3-8-21-15(19)14(20-16(21)10-4-5-10)12-7-6-11(17)9-13(12)18/h6-7,9-10H,2-5,8,19H2,1H3. The minimum absolute atomic E-state index is 0.576. The highest BCUT2D eigenvalue weighted by Crippen LogP contribution is 2.43. The number of halogens is 2. The molecule has 1 fully saturated rings. The molecule has 1 heterocycles. The second-order valence-electron chi connectivity index (χ2n) is 5.61. The fraction of sp³-hybridized carbons (Fsp3) is 0.438. The highest BCUT2D eigenvalue weighted by Gasteiger charge is 2.31. The lowest BCUT2D eigenvalue weighted by molar-refractivity contribution is 0.609. The van der Waals surface area contributed by atoms with Gasteiger partial charge in [-0.2, -0.15) is 0 Å². The number of unbranched alkanes of at least 4 members (excludes halogenated alkanes) is 1.